The molecule has 8 nitrogen and oxygen atoms in total. The van der Waals surface area contributed by atoms with Gasteiger partial charge in [0, 0.05) is 31.7 Å². The Bertz CT molecular complexity index is 935. The van der Waals surface area contributed by atoms with E-state index < -0.39 is 40.5 Å². The molecule has 0 saturated carbocycles. The van der Waals surface area contributed by atoms with Gasteiger partial charge in [-0.2, -0.15) is 17.5 Å². The average Bonchev–Trinajstić information content (AvgIpc) is 3.03. The van der Waals surface area contributed by atoms with Gasteiger partial charge < -0.3 is 15.0 Å². The van der Waals surface area contributed by atoms with Gasteiger partial charge in [0.25, 0.3) is 0 Å². The number of carbonyl (C=O) groups excluding carboxylic acids is 2. The van der Waals surface area contributed by atoms with E-state index in [2.05, 4.69) is 5.32 Å². The van der Waals surface area contributed by atoms with Gasteiger partial charge in [-0.05, 0) is 18.2 Å². The Hall–Kier alpha value is -1.89. The smallest absolute Gasteiger partial charge is 0.379 e. The Morgan fingerprint density at radius 2 is 1.93 bits per heavy atom. The fourth-order valence-corrected chi connectivity index (χ4v) is 5.17. The third-order valence-corrected chi connectivity index (χ3v) is 7.12. The SMILES string of the molecule is O=C(Nc1ccc(Cl)c(S(=O)(=O)N2CCOCC2)c1)C1CC(=O)N(CC(F)(F)F)C1. The van der Waals surface area contributed by atoms with E-state index in [0.29, 0.717) is 4.90 Å². The third kappa shape index (κ3) is 5.23. The molecular formula is C17H19ClF3N3O5S. The molecular weight excluding hydrogens is 451 g/mol. The quantitative estimate of drug-likeness (QED) is 0.708. The molecule has 1 aromatic rings. The molecule has 1 N–H and O–H groups in total. The number of morpholine rings is 1. The van der Waals surface area contributed by atoms with Crippen molar-refractivity contribution in [3.8, 4) is 0 Å². The number of ether oxygens (including phenoxy) is 1. The predicted molar refractivity (Wildman–Crippen MR) is 100 cm³/mol. The van der Waals surface area contributed by atoms with Crippen molar-refractivity contribution in [3.63, 3.8) is 0 Å². The molecule has 2 fully saturated rings. The van der Waals surface area contributed by atoms with Crippen molar-refractivity contribution in [2.45, 2.75) is 17.5 Å². The van der Waals surface area contributed by atoms with E-state index in [0.717, 1.165) is 0 Å². The van der Waals surface area contributed by atoms with Gasteiger partial charge in [-0.15, -0.1) is 0 Å². The van der Waals surface area contributed by atoms with Gasteiger partial charge in [-0.3, -0.25) is 9.59 Å². The summed E-state index contributed by atoms with van der Waals surface area (Å²) in [4.78, 5) is 24.6. The standard InChI is InChI=1S/C17H19ClF3N3O5S/c18-13-2-1-12(8-14(13)30(27,28)24-3-5-29-6-4-24)22-16(26)11-7-15(25)23(9-11)10-17(19,20)21/h1-2,8,11H,3-7,9-10H2,(H,22,26). The van der Waals surface area contributed by atoms with Crippen LogP contribution in [0.2, 0.25) is 5.02 Å². The molecule has 2 heterocycles. The van der Waals surface area contributed by atoms with Gasteiger partial charge in [0.15, 0.2) is 0 Å². The molecule has 2 aliphatic heterocycles. The Balaban J connectivity index is 1.72. The molecule has 13 heteroatoms. The molecule has 2 aliphatic rings. The van der Waals surface area contributed by atoms with Gasteiger partial charge in [0.05, 0.1) is 24.2 Å². The number of nitrogens with zero attached hydrogens (tertiary/aromatic N) is 2. The summed E-state index contributed by atoms with van der Waals surface area (Å²) in [5.41, 5.74) is 0.109. The van der Waals surface area contributed by atoms with E-state index in [-0.39, 0.29) is 54.9 Å². The van der Waals surface area contributed by atoms with Crippen LogP contribution in [0.15, 0.2) is 23.1 Å². The minimum atomic E-state index is -4.56. The van der Waals surface area contributed by atoms with E-state index in [9.17, 15) is 31.2 Å². The zero-order valence-electron chi connectivity index (χ0n) is 15.6. The first kappa shape index (κ1) is 22.8. The van der Waals surface area contributed by atoms with E-state index in [1.165, 1.54) is 22.5 Å². The van der Waals surface area contributed by atoms with E-state index >= 15 is 0 Å². The van der Waals surface area contributed by atoms with Crippen LogP contribution in [-0.4, -0.2) is 75.0 Å². The van der Waals surface area contributed by atoms with Crippen LogP contribution in [0.4, 0.5) is 18.9 Å². The average molecular weight is 470 g/mol. The van der Waals surface area contributed by atoms with Crippen molar-refractivity contribution in [1.29, 1.82) is 0 Å². The number of alkyl halides is 3. The molecule has 0 aliphatic carbocycles. The molecule has 0 radical (unpaired) electrons. The highest BCUT2D eigenvalue weighted by atomic mass is 35.5. The second kappa shape index (κ2) is 8.69. The van der Waals surface area contributed by atoms with Crippen molar-refractivity contribution in [3.05, 3.63) is 23.2 Å². The summed E-state index contributed by atoms with van der Waals surface area (Å²) in [5.74, 6) is -2.42. The van der Waals surface area contributed by atoms with E-state index in [1.807, 2.05) is 0 Å². The van der Waals surface area contributed by atoms with Crippen LogP contribution < -0.4 is 5.32 Å². The van der Waals surface area contributed by atoms with E-state index in [4.69, 9.17) is 16.3 Å². The van der Waals surface area contributed by atoms with Crippen LogP contribution in [0, 0.1) is 5.92 Å². The number of amides is 2. The molecule has 166 valence electrons. The summed E-state index contributed by atoms with van der Waals surface area (Å²) in [7, 11) is -3.93. The van der Waals surface area contributed by atoms with Crippen molar-refractivity contribution in [2.24, 2.45) is 5.92 Å². The van der Waals surface area contributed by atoms with E-state index in [1.54, 1.807) is 0 Å². The maximum atomic E-state index is 12.8. The number of hydrogen-bond acceptors (Lipinski definition) is 5. The van der Waals surface area contributed by atoms with Crippen molar-refractivity contribution >= 4 is 39.1 Å². The zero-order valence-corrected chi connectivity index (χ0v) is 17.2. The normalized spacial score (nSPS) is 21.1. The van der Waals surface area contributed by atoms with Gasteiger partial charge in [0.2, 0.25) is 21.8 Å². The summed E-state index contributed by atoms with van der Waals surface area (Å²) in [5, 5.41) is 2.43. The highest BCUT2D eigenvalue weighted by molar-refractivity contribution is 7.89. The van der Waals surface area contributed by atoms with Crippen molar-refractivity contribution in [1.82, 2.24) is 9.21 Å². The van der Waals surface area contributed by atoms with Gasteiger partial charge in [-0.1, -0.05) is 11.6 Å². The van der Waals surface area contributed by atoms with Crippen molar-refractivity contribution in [2.75, 3.05) is 44.7 Å². The lowest BCUT2D eigenvalue weighted by Crippen LogP contribution is -2.40. The highest BCUT2D eigenvalue weighted by Gasteiger charge is 2.40. The van der Waals surface area contributed by atoms with Crippen LogP contribution in [0.3, 0.4) is 0 Å². The summed E-state index contributed by atoms with van der Waals surface area (Å²) in [6.07, 6.45) is -4.91. The van der Waals surface area contributed by atoms with Crippen LogP contribution >= 0.6 is 11.6 Å². The first-order valence-corrected chi connectivity index (χ1v) is 10.8. The number of carbonyl (C=O) groups is 2. The zero-order chi connectivity index (χ0) is 22.1. The first-order chi connectivity index (χ1) is 14.0. The molecule has 1 aromatic carbocycles. The molecule has 0 spiro atoms. The molecule has 2 amide bonds. The predicted octanol–water partition coefficient (Wildman–Crippen LogP) is 1.71. The Kier molecular flexibility index (Phi) is 6.60. The molecule has 2 saturated heterocycles. The van der Waals surface area contributed by atoms with Gasteiger partial charge in [-0.25, -0.2) is 8.42 Å². The van der Waals surface area contributed by atoms with Crippen LogP contribution in [0.25, 0.3) is 0 Å². The minimum Gasteiger partial charge on any atom is -0.379 e. The molecule has 0 bridgehead atoms. The van der Waals surface area contributed by atoms with Gasteiger partial charge in [0.1, 0.15) is 11.4 Å². The summed E-state index contributed by atoms with van der Waals surface area (Å²) in [6.45, 7) is -0.965. The molecule has 30 heavy (non-hydrogen) atoms. The summed E-state index contributed by atoms with van der Waals surface area (Å²) < 4.78 is 69.6. The molecule has 1 unspecified atom stereocenters. The van der Waals surface area contributed by atoms with Crippen molar-refractivity contribution < 1.29 is 35.9 Å². The fraction of sp³-hybridized carbons (Fsp3) is 0.529. The number of sulfonamides is 1. The number of halogens is 4. The lowest BCUT2D eigenvalue weighted by atomic mass is 10.1. The minimum absolute atomic E-state index is 0.0353. The second-order valence-corrected chi connectivity index (χ2v) is 9.25. The number of likely N-dealkylation sites (tertiary alicyclic amines) is 1. The fourth-order valence-electron chi connectivity index (χ4n) is 3.27. The summed E-state index contributed by atoms with van der Waals surface area (Å²) in [6, 6.07) is 3.87. The highest BCUT2D eigenvalue weighted by Crippen LogP contribution is 2.29. The van der Waals surface area contributed by atoms with Crippen LogP contribution in [-0.2, 0) is 24.3 Å². The third-order valence-electron chi connectivity index (χ3n) is 4.74. The number of hydrogen-bond donors (Lipinski definition) is 1. The Morgan fingerprint density at radius 3 is 2.57 bits per heavy atom. The number of benzene rings is 1. The Morgan fingerprint density at radius 1 is 1.27 bits per heavy atom. The number of rotatable bonds is 5. The topological polar surface area (TPSA) is 96.0 Å². The van der Waals surface area contributed by atoms with Gasteiger partial charge >= 0.3 is 6.18 Å². The monoisotopic (exact) mass is 469 g/mol. The first-order valence-electron chi connectivity index (χ1n) is 9.00. The molecule has 0 aromatic heterocycles. The summed E-state index contributed by atoms with van der Waals surface area (Å²) >= 11 is 6.06. The van der Waals surface area contributed by atoms with Crippen LogP contribution in [0.5, 0.6) is 0 Å². The molecule has 3 rings (SSSR count). The second-order valence-electron chi connectivity index (χ2n) is 6.94. The number of anilines is 1. The maximum Gasteiger partial charge on any atom is 0.406 e. The Labute approximate surface area is 176 Å². The number of nitrogens with one attached hydrogen (secondary N) is 1. The maximum absolute atomic E-state index is 12.8. The van der Waals surface area contributed by atoms with Crippen LogP contribution in [0.1, 0.15) is 6.42 Å². The lowest BCUT2D eigenvalue weighted by molar-refractivity contribution is -0.157. The largest absolute Gasteiger partial charge is 0.406 e. The lowest BCUT2D eigenvalue weighted by Gasteiger charge is -2.26. The molecule has 1 atom stereocenters.